The number of anilines is 1. The van der Waals surface area contributed by atoms with E-state index >= 15 is 0 Å². The van der Waals surface area contributed by atoms with Gasteiger partial charge in [-0.2, -0.15) is 0 Å². The fourth-order valence-corrected chi connectivity index (χ4v) is 2.25. The molecule has 3 nitrogen and oxygen atoms in total. The second kappa shape index (κ2) is 5.07. The summed E-state index contributed by atoms with van der Waals surface area (Å²) in [7, 11) is 2.12. The second-order valence-corrected chi connectivity index (χ2v) is 4.98. The average molecular weight is 253 g/mol. The highest BCUT2D eigenvalue weighted by Gasteiger charge is 2.15. The first-order valence-electron chi connectivity index (χ1n) is 5.81. The van der Waals surface area contributed by atoms with E-state index in [1.807, 2.05) is 12.1 Å². The Morgan fingerprint density at radius 3 is 2.41 bits per heavy atom. The van der Waals surface area contributed by atoms with Gasteiger partial charge < -0.3 is 9.80 Å². The third-order valence-electron chi connectivity index (χ3n) is 3.16. The molecule has 1 aromatic carbocycles. The molecule has 4 heteroatoms. The molecule has 0 aromatic heterocycles. The summed E-state index contributed by atoms with van der Waals surface area (Å²) in [4.78, 5) is 16.0. The molecule has 0 saturated carbocycles. The van der Waals surface area contributed by atoms with E-state index in [9.17, 15) is 4.79 Å². The Balaban J connectivity index is 2.23. The van der Waals surface area contributed by atoms with Crippen molar-refractivity contribution in [2.75, 3.05) is 38.1 Å². The van der Waals surface area contributed by atoms with Crippen LogP contribution in [0.4, 0.5) is 5.69 Å². The van der Waals surface area contributed by atoms with Gasteiger partial charge in [0.05, 0.1) is 0 Å². The Morgan fingerprint density at radius 1 is 1.18 bits per heavy atom. The molecule has 0 N–H and O–H groups in total. The molecule has 92 valence electrons. The molecular weight excluding hydrogens is 236 g/mol. The lowest BCUT2D eigenvalue weighted by Crippen LogP contribution is -2.44. The van der Waals surface area contributed by atoms with Crippen molar-refractivity contribution in [3.63, 3.8) is 0 Å². The highest BCUT2D eigenvalue weighted by molar-refractivity contribution is 6.31. The van der Waals surface area contributed by atoms with Gasteiger partial charge in [-0.15, -0.1) is 0 Å². The molecule has 0 radical (unpaired) electrons. The van der Waals surface area contributed by atoms with Gasteiger partial charge >= 0.3 is 0 Å². The molecule has 1 heterocycles. The van der Waals surface area contributed by atoms with Crippen LogP contribution in [0.1, 0.15) is 17.3 Å². The smallest absolute Gasteiger partial charge is 0.159 e. The van der Waals surface area contributed by atoms with Gasteiger partial charge in [-0.05, 0) is 32.2 Å². The van der Waals surface area contributed by atoms with Gasteiger partial charge in [-0.25, -0.2) is 0 Å². The van der Waals surface area contributed by atoms with Gasteiger partial charge in [0.2, 0.25) is 0 Å². The number of rotatable bonds is 2. The van der Waals surface area contributed by atoms with E-state index in [0.717, 1.165) is 31.9 Å². The molecule has 0 spiro atoms. The lowest BCUT2D eigenvalue weighted by atomic mass is 10.1. The number of likely N-dealkylation sites (N-methyl/N-ethyl adjacent to an activating group) is 1. The molecule has 2 rings (SSSR count). The van der Waals surface area contributed by atoms with E-state index < -0.39 is 0 Å². The number of nitrogens with zero attached hydrogens (tertiary/aromatic N) is 2. The lowest BCUT2D eigenvalue weighted by molar-refractivity contribution is 0.101. The third kappa shape index (κ3) is 2.99. The lowest BCUT2D eigenvalue weighted by Gasteiger charge is -2.34. The molecule has 1 aromatic rings. The van der Waals surface area contributed by atoms with Crippen LogP contribution < -0.4 is 4.90 Å². The van der Waals surface area contributed by atoms with Crippen molar-refractivity contribution in [3.05, 3.63) is 28.8 Å². The van der Waals surface area contributed by atoms with Gasteiger partial charge in [0, 0.05) is 42.5 Å². The van der Waals surface area contributed by atoms with E-state index in [1.165, 1.54) is 0 Å². The number of halogens is 1. The minimum Gasteiger partial charge on any atom is -0.369 e. The maximum Gasteiger partial charge on any atom is 0.159 e. The van der Waals surface area contributed by atoms with Crippen molar-refractivity contribution in [1.82, 2.24) is 4.90 Å². The minimum atomic E-state index is 0.0582. The molecular formula is C13H17ClN2O. The molecule has 17 heavy (non-hydrogen) atoms. The molecule has 1 fully saturated rings. The first kappa shape index (κ1) is 12.4. The van der Waals surface area contributed by atoms with Crippen LogP contribution in [0, 0.1) is 0 Å². The van der Waals surface area contributed by atoms with Crippen LogP contribution in [-0.2, 0) is 0 Å². The van der Waals surface area contributed by atoms with Crippen molar-refractivity contribution >= 4 is 23.1 Å². The normalized spacial score (nSPS) is 17.2. The first-order valence-corrected chi connectivity index (χ1v) is 6.19. The van der Waals surface area contributed by atoms with E-state index in [0.29, 0.717) is 10.6 Å². The molecule has 1 aliphatic heterocycles. The third-order valence-corrected chi connectivity index (χ3v) is 3.38. The van der Waals surface area contributed by atoms with Crippen LogP contribution in [-0.4, -0.2) is 43.9 Å². The van der Waals surface area contributed by atoms with Crippen molar-refractivity contribution in [2.45, 2.75) is 6.92 Å². The molecule has 0 amide bonds. The van der Waals surface area contributed by atoms with E-state index in [2.05, 4.69) is 16.8 Å². The summed E-state index contributed by atoms with van der Waals surface area (Å²) in [6.45, 7) is 5.62. The molecule has 0 atom stereocenters. The number of ketones is 1. The van der Waals surface area contributed by atoms with Gasteiger partial charge in [0.15, 0.2) is 5.78 Å². The molecule has 0 bridgehead atoms. The standard InChI is InChI=1S/C13H17ClN2O/c1-10(17)11-7-12(14)9-13(8-11)16-5-3-15(2)4-6-16/h7-9H,3-6H2,1-2H3. The number of carbonyl (C=O) groups is 1. The Labute approximate surface area is 107 Å². The van der Waals surface area contributed by atoms with Gasteiger partial charge in [0.25, 0.3) is 0 Å². The number of Topliss-reactive ketones (excluding diaryl/α,β-unsaturated/α-hetero) is 1. The van der Waals surface area contributed by atoms with Gasteiger partial charge in [-0.1, -0.05) is 11.6 Å². The van der Waals surface area contributed by atoms with Crippen molar-refractivity contribution in [2.24, 2.45) is 0 Å². The van der Waals surface area contributed by atoms with Crippen LogP contribution >= 0.6 is 11.6 Å². The Kier molecular flexibility index (Phi) is 3.69. The second-order valence-electron chi connectivity index (χ2n) is 4.54. The highest BCUT2D eigenvalue weighted by atomic mass is 35.5. The molecule has 1 saturated heterocycles. The van der Waals surface area contributed by atoms with E-state index in [1.54, 1.807) is 13.0 Å². The summed E-state index contributed by atoms with van der Waals surface area (Å²) >= 11 is 6.05. The molecule has 1 aliphatic rings. The van der Waals surface area contributed by atoms with Crippen LogP contribution in [0.25, 0.3) is 0 Å². The van der Waals surface area contributed by atoms with Crippen LogP contribution in [0.15, 0.2) is 18.2 Å². The topological polar surface area (TPSA) is 23.6 Å². The largest absolute Gasteiger partial charge is 0.369 e. The van der Waals surface area contributed by atoms with Crippen LogP contribution in [0.3, 0.4) is 0 Å². The van der Waals surface area contributed by atoms with Crippen molar-refractivity contribution < 1.29 is 4.79 Å². The van der Waals surface area contributed by atoms with Gasteiger partial charge in [-0.3, -0.25) is 4.79 Å². The van der Waals surface area contributed by atoms with Crippen LogP contribution in [0.2, 0.25) is 5.02 Å². The number of piperazine rings is 1. The summed E-state index contributed by atoms with van der Waals surface area (Å²) in [5, 5.41) is 0.631. The van der Waals surface area contributed by atoms with E-state index in [-0.39, 0.29) is 5.78 Å². The summed E-state index contributed by atoms with van der Waals surface area (Å²) < 4.78 is 0. The molecule has 0 unspecified atom stereocenters. The number of carbonyl (C=O) groups excluding carboxylic acids is 1. The summed E-state index contributed by atoms with van der Waals surface area (Å²) in [6, 6.07) is 5.59. The predicted octanol–water partition coefficient (Wildman–Crippen LogP) is 2.29. The zero-order valence-electron chi connectivity index (χ0n) is 10.2. The monoisotopic (exact) mass is 252 g/mol. The van der Waals surface area contributed by atoms with Gasteiger partial charge in [0.1, 0.15) is 0 Å². The Hall–Kier alpha value is -1.06. The average Bonchev–Trinajstić information content (AvgIpc) is 2.29. The molecule has 0 aliphatic carbocycles. The van der Waals surface area contributed by atoms with Crippen molar-refractivity contribution in [1.29, 1.82) is 0 Å². The summed E-state index contributed by atoms with van der Waals surface area (Å²) in [6.07, 6.45) is 0. The maximum atomic E-state index is 11.4. The van der Waals surface area contributed by atoms with Crippen LogP contribution in [0.5, 0.6) is 0 Å². The fourth-order valence-electron chi connectivity index (χ4n) is 2.02. The number of hydrogen-bond acceptors (Lipinski definition) is 3. The number of hydrogen-bond donors (Lipinski definition) is 0. The first-order chi connectivity index (χ1) is 8.06. The summed E-state index contributed by atoms with van der Waals surface area (Å²) in [5.74, 6) is 0.0582. The predicted molar refractivity (Wildman–Crippen MR) is 71.2 cm³/mol. The fraction of sp³-hybridized carbons (Fsp3) is 0.462. The Morgan fingerprint density at radius 2 is 1.82 bits per heavy atom. The van der Waals surface area contributed by atoms with E-state index in [4.69, 9.17) is 11.6 Å². The zero-order valence-corrected chi connectivity index (χ0v) is 11.0. The zero-order chi connectivity index (χ0) is 12.4. The number of benzene rings is 1. The quantitative estimate of drug-likeness (QED) is 0.755. The SMILES string of the molecule is CC(=O)c1cc(Cl)cc(N2CCN(C)CC2)c1. The highest BCUT2D eigenvalue weighted by Crippen LogP contribution is 2.23. The minimum absolute atomic E-state index is 0.0582. The van der Waals surface area contributed by atoms with Crippen molar-refractivity contribution in [3.8, 4) is 0 Å². The maximum absolute atomic E-state index is 11.4. The Bertz CT molecular complexity index is 425. The summed E-state index contributed by atoms with van der Waals surface area (Å²) in [5.41, 5.74) is 1.74.